The lowest BCUT2D eigenvalue weighted by molar-refractivity contribution is -0.148. The van der Waals surface area contributed by atoms with Gasteiger partial charge in [0.25, 0.3) is 0 Å². The Morgan fingerprint density at radius 1 is 1.33 bits per heavy atom. The predicted molar refractivity (Wildman–Crippen MR) is 74.4 cm³/mol. The highest BCUT2D eigenvalue weighted by Crippen LogP contribution is 2.37. The fraction of sp³-hybridized carbons (Fsp3) is 0.933. The maximum atomic E-state index is 12.9. The summed E-state index contributed by atoms with van der Waals surface area (Å²) in [5, 5.41) is 3.38. The number of piperidine rings is 2. The van der Waals surface area contributed by atoms with Crippen LogP contribution in [-0.4, -0.2) is 36.5 Å². The third kappa shape index (κ3) is 2.56. The van der Waals surface area contributed by atoms with Crippen LogP contribution in [0.15, 0.2) is 0 Å². The van der Waals surface area contributed by atoms with Crippen molar-refractivity contribution in [1.82, 2.24) is 10.2 Å². The van der Waals surface area contributed by atoms with Crippen molar-refractivity contribution in [2.45, 2.75) is 58.9 Å². The predicted octanol–water partition coefficient (Wildman–Crippen LogP) is 2.41. The normalized spacial score (nSPS) is 32.3. The molecule has 2 atom stereocenters. The van der Waals surface area contributed by atoms with Gasteiger partial charge in [-0.3, -0.25) is 4.79 Å². The van der Waals surface area contributed by atoms with Crippen LogP contribution in [0, 0.1) is 11.3 Å². The first-order valence-corrected chi connectivity index (χ1v) is 7.61. The number of amides is 1. The van der Waals surface area contributed by atoms with Gasteiger partial charge in [-0.25, -0.2) is 0 Å². The summed E-state index contributed by atoms with van der Waals surface area (Å²) in [7, 11) is 0. The van der Waals surface area contributed by atoms with Crippen LogP contribution in [0.4, 0.5) is 0 Å². The molecule has 2 heterocycles. The summed E-state index contributed by atoms with van der Waals surface area (Å²) < 4.78 is 0. The van der Waals surface area contributed by atoms with Crippen LogP contribution in [-0.2, 0) is 4.79 Å². The van der Waals surface area contributed by atoms with Gasteiger partial charge in [-0.1, -0.05) is 13.8 Å². The molecule has 0 aromatic heterocycles. The van der Waals surface area contributed by atoms with Crippen LogP contribution in [0.5, 0.6) is 0 Å². The molecule has 3 nitrogen and oxygen atoms in total. The van der Waals surface area contributed by atoms with E-state index in [0.717, 1.165) is 44.8 Å². The largest absolute Gasteiger partial charge is 0.339 e. The van der Waals surface area contributed by atoms with Crippen LogP contribution in [0.25, 0.3) is 0 Å². The van der Waals surface area contributed by atoms with Crippen LogP contribution in [0.2, 0.25) is 0 Å². The number of nitrogens with zero attached hydrogens (tertiary/aromatic N) is 1. The van der Waals surface area contributed by atoms with Crippen molar-refractivity contribution in [3.8, 4) is 0 Å². The Balaban J connectivity index is 2.09. The molecule has 2 rings (SSSR count). The van der Waals surface area contributed by atoms with Gasteiger partial charge < -0.3 is 10.2 Å². The van der Waals surface area contributed by atoms with Crippen molar-refractivity contribution >= 4 is 5.91 Å². The summed E-state index contributed by atoms with van der Waals surface area (Å²) in [6, 6.07) is 0.430. The molecule has 2 saturated heterocycles. The van der Waals surface area contributed by atoms with E-state index in [1.54, 1.807) is 0 Å². The third-order valence-corrected chi connectivity index (χ3v) is 5.09. The van der Waals surface area contributed by atoms with Gasteiger partial charge in [0.1, 0.15) is 0 Å². The number of rotatable bonds is 2. The molecule has 2 aliphatic rings. The highest BCUT2D eigenvalue weighted by Gasteiger charge is 2.42. The summed E-state index contributed by atoms with van der Waals surface area (Å²) in [6.45, 7) is 9.67. The Kier molecular flexibility index (Phi) is 4.31. The minimum absolute atomic E-state index is 0.0694. The average Bonchev–Trinajstić information content (AvgIpc) is 2.39. The van der Waals surface area contributed by atoms with Crippen molar-refractivity contribution in [2.75, 3.05) is 19.6 Å². The van der Waals surface area contributed by atoms with Gasteiger partial charge in [0.05, 0.1) is 5.41 Å². The van der Waals surface area contributed by atoms with Gasteiger partial charge in [0.2, 0.25) is 5.91 Å². The van der Waals surface area contributed by atoms with Gasteiger partial charge in [-0.15, -0.1) is 0 Å². The summed E-state index contributed by atoms with van der Waals surface area (Å²) in [4.78, 5) is 15.1. The fourth-order valence-corrected chi connectivity index (χ4v) is 3.64. The second-order valence-corrected chi connectivity index (χ2v) is 6.36. The Bertz CT molecular complexity index is 297. The Hall–Kier alpha value is -0.570. The topological polar surface area (TPSA) is 32.3 Å². The first kappa shape index (κ1) is 13.9. The quantitative estimate of drug-likeness (QED) is 0.818. The lowest BCUT2D eigenvalue weighted by Gasteiger charge is -2.44. The number of hydrogen-bond acceptors (Lipinski definition) is 2. The fourth-order valence-electron chi connectivity index (χ4n) is 3.64. The first-order chi connectivity index (χ1) is 8.59. The second-order valence-electron chi connectivity index (χ2n) is 6.36. The molecule has 3 heteroatoms. The number of likely N-dealkylation sites (tertiary alicyclic amines) is 1. The highest BCUT2D eigenvalue weighted by molar-refractivity contribution is 5.83. The van der Waals surface area contributed by atoms with Gasteiger partial charge in [0.15, 0.2) is 0 Å². The van der Waals surface area contributed by atoms with Crippen molar-refractivity contribution in [3.63, 3.8) is 0 Å². The molecule has 2 unspecified atom stereocenters. The van der Waals surface area contributed by atoms with E-state index in [-0.39, 0.29) is 5.41 Å². The first-order valence-electron chi connectivity index (χ1n) is 7.61. The molecule has 2 aliphatic heterocycles. The van der Waals surface area contributed by atoms with Crippen LogP contribution >= 0.6 is 0 Å². The molecule has 0 saturated carbocycles. The van der Waals surface area contributed by atoms with Crippen LogP contribution in [0.3, 0.4) is 0 Å². The molecule has 0 bridgehead atoms. The SMILES string of the molecule is CCC1(C(=O)N2CCC(C)CC2C)CCNCC1. The van der Waals surface area contributed by atoms with Crippen molar-refractivity contribution in [1.29, 1.82) is 0 Å². The Labute approximate surface area is 111 Å². The van der Waals surface area contributed by atoms with E-state index in [4.69, 9.17) is 0 Å². The smallest absolute Gasteiger partial charge is 0.229 e. The molecule has 0 aromatic carbocycles. The Morgan fingerprint density at radius 3 is 2.56 bits per heavy atom. The van der Waals surface area contributed by atoms with Crippen LogP contribution in [0.1, 0.15) is 52.9 Å². The van der Waals surface area contributed by atoms with E-state index < -0.39 is 0 Å². The molecular weight excluding hydrogens is 224 g/mol. The van der Waals surface area contributed by atoms with E-state index in [9.17, 15) is 4.79 Å². The maximum absolute atomic E-state index is 12.9. The highest BCUT2D eigenvalue weighted by atomic mass is 16.2. The van der Waals surface area contributed by atoms with Gasteiger partial charge in [0, 0.05) is 12.6 Å². The zero-order valence-electron chi connectivity index (χ0n) is 12.2. The maximum Gasteiger partial charge on any atom is 0.229 e. The molecule has 1 N–H and O–H groups in total. The third-order valence-electron chi connectivity index (χ3n) is 5.09. The van der Waals surface area contributed by atoms with E-state index in [0.29, 0.717) is 11.9 Å². The number of carbonyl (C=O) groups excluding carboxylic acids is 1. The lowest BCUT2D eigenvalue weighted by atomic mass is 9.74. The molecule has 0 aromatic rings. The summed E-state index contributed by atoms with van der Waals surface area (Å²) in [5.74, 6) is 1.21. The van der Waals surface area contributed by atoms with Gasteiger partial charge in [-0.2, -0.15) is 0 Å². The monoisotopic (exact) mass is 252 g/mol. The minimum atomic E-state index is -0.0694. The van der Waals surface area contributed by atoms with Crippen molar-refractivity contribution in [2.24, 2.45) is 11.3 Å². The number of carbonyl (C=O) groups is 1. The molecular formula is C15H28N2O. The van der Waals surface area contributed by atoms with Crippen LogP contribution < -0.4 is 5.32 Å². The molecule has 2 fully saturated rings. The zero-order chi connectivity index (χ0) is 13.2. The zero-order valence-corrected chi connectivity index (χ0v) is 12.2. The minimum Gasteiger partial charge on any atom is -0.339 e. The summed E-state index contributed by atoms with van der Waals surface area (Å²) in [5.41, 5.74) is -0.0694. The molecule has 1 amide bonds. The number of nitrogens with one attached hydrogen (secondary N) is 1. The van der Waals surface area contributed by atoms with Gasteiger partial charge >= 0.3 is 0 Å². The molecule has 104 valence electrons. The molecule has 0 aliphatic carbocycles. The van der Waals surface area contributed by atoms with Gasteiger partial charge in [-0.05, 0) is 58.0 Å². The van der Waals surface area contributed by atoms with Crippen molar-refractivity contribution < 1.29 is 4.79 Å². The van der Waals surface area contributed by atoms with E-state index in [2.05, 4.69) is 31.0 Å². The average molecular weight is 252 g/mol. The van der Waals surface area contributed by atoms with E-state index in [1.165, 1.54) is 12.8 Å². The summed E-state index contributed by atoms with van der Waals surface area (Å²) >= 11 is 0. The lowest BCUT2D eigenvalue weighted by Crippen LogP contribution is -2.53. The van der Waals surface area contributed by atoms with Crippen molar-refractivity contribution in [3.05, 3.63) is 0 Å². The standard InChI is InChI=1S/C15H28N2O/c1-4-15(6-8-16-9-7-15)14(18)17-10-5-12(2)11-13(17)3/h12-13,16H,4-11H2,1-3H3. The Morgan fingerprint density at radius 2 is 2.00 bits per heavy atom. The second kappa shape index (κ2) is 5.60. The van der Waals surface area contributed by atoms with E-state index >= 15 is 0 Å². The number of hydrogen-bond donors (Lipinski definition) is 1. The van der Waals surface area contributed by atoms with E-state index in [1.807, 2.05) is 0 Å². The molecule has 0 spiro atoms. The molecule has 18 heavy (non-hydrogen) atoms. The summed E-state index contributed by atoms with van der Waals surface area (Å²) in [6.07, 6.45) is 5.37. The molecule has 0 radical (unpaired) electrons.